The van der Waals surface area contributed by atoms with Crippen molar-refractivity contribution in [3.63, 3.8) is 0 Å². The molecule has 4 aromatic rings. The van der Waals surface area contributed by atoms with Crippen molar-refractivity contribution in [3.8, 4) is 22.6 Å². The van der Waals surface area contributed by atoms with Gasteiger partial charge in [-0.1, -0.05) is 30.3 Å². The third-order valence-electron chi connectivity index (χ3n) is 6.61. The Morgan fingerprint density at radius 2 is 1.58 bits per heavy atom. The van der Waals surface area contributed by atoms with Crippen LogP contribution in [0.5, 0.6) is 11.5 Å². The van der Waals surface area contributed by atoms with Crippen molar-refractivity contribution in [2.45, 2.75) is 19.9 Å². The van der Waals surface area contributed by atoms with Gasteiger partial charge in [0.1, 0.15) is 11.6 Å². The van der Waals surface area contributed by atoms with Gasteiger partial charge in [0.25, 0.3) is 0 Å². The molecule has 3 aromatic carbocycles. The highest BCUT2D eigenvalue weighted by molar-refractivity contribution is 5.92. The molecule has 0 bridgehead atoms. The number of aryl methyl sites for hydroxylation is 1. The van der Waals surface area contributed by atoms with Crippen molar-refractivity contribution >= 4 is 22.4 Å². The predicted molar refractivity (Wildman–Crippen MR) is 144 cm³/mol. The zero-order valence-electron chi connectivity index (χ0n) is 21.2. The Morgan fingerprint density at radius 1 is 0.889 bits per heavy atom. The summed E-state index contributed by atoms with van der Waals surface area (Å²) in [5, 5.41) is 4.49. The van der Waals surface area contributed by atoms with E-state index in [4.69, 9.17) is 19.2 Å². The van der Waals surface area contributed by atoms with Gasteiger partial charge in [-0.15, -0.1) is 0 Å². The molecule has 7 nitrogen and oxygen atoms in total. The minimum absolute atomic E-state index is 0.0259. The fourth-order valence-corrected chi connectivity index (χ4v) is 4.66. The van der Waals surface area contributed by atoms with Crippen molar-refractivity contribution in [2.24, 2.45) is 0 Å². The van der Waals surface area contributed by atoms with Crippen LogP contribution in [0.15, 0.2) is 60.7 Å². The molecule has 0 spiro atoms. The number of nitrogens with one attached hydrogen (secondary N) is 1. The highest BCUT2D eigenvalue weighted by Crippen LogP contribution is 2.35. The van der Waals surface area contributed by atoms with Crippen LogP contribution in [0.1, 0.15) is 24.4 Å². The first-order valence-corrected chi connectivity index (χ1v) is 12.3. The van der Waals surface area contributed by atoms with Crippen molar-refractivity contribution in [2.75, 3.05) is 50.7 Å². The average molecular weight is 485 g/mol. The summed E-state index contributed by atoms with van der Waals surface area (Å²) in [7, 11) is 3.26. The number of ether oxygens (including phenoxy) is 3. The van der Waals surface area contributed by atoms with E-state index in [1.165, 1.54) is 22.4 Å². The number of rotatable bonds is 7. The van der Waals surface area contributed by atoms with E-state index in [0.717, 1.165) is 43.0 Å². The molecule has 36 heavy (non-hydrogen) atoms. The predicted octanol–water partition coefficient (Wildman–Crippen LogP) is 5.63. The van der Waals surface area contributed by atoms with E-state index in [9.17, 15) is 0 Å². The lowest BCUT2D eigenvalue weighted by Crippen LogP contribution is -2.36. The molecule has 2 heterocycles. The summed E-state index contributed by atoms with van der Waals surface area (Å²) in [6, 6.07) is 21.3. The van der Waals surface area contributed by atoms with Gasteiger partial charge in [0.2, 0.25) is 0 Å². The second-order valence-electron chi connectivity index (χ2n) is 8.99. The van der Waals surface area contributed by atoms with Crippen LogP contribution in [0.2, 0.25) is 0 Å². The lowest BCUT2D eigenvalue weighted by Gasteiger charge is -2.29. The molecule has 0 amide bonds. The van der Waals surface area contributed by atoms with E-state index in [-0.39, 0.29) is 6.04 Å². The monoisotopic (exact) mass is 484 g/mol. The number of morpholine rings is 1. The molecule has 0 unspecified atom stereocenters. The molecular formula is C29H32N4O3. The quantitative estimate of drug-likeness (QED) is 0.364. The second kappa shape index (κ2) is 10.4. The van der Waals surface area contributed by atoms with Gasteiger partial charge in [-0.05, 0) is 54.8 Å². The number of nitrogens with zero attached hydrogens (tertiary/aromatic N) is 3. The molecule has 1 saturated heterocycles. The van der Waals surface area contributed by atoms with Crippen molar-refractivity contribution in [1.29, 1.82) is 0 Å². The third-order valence-corrected chi connectivity index (χ3v) is 6.61. The van der Waals surface area contributed by atoms with E-state index >= 15 is 0 Å². The Kier molecular flexibility index (Phi) is 6.91. The van der Waals surface area contributed by atoms with Crippen LogP contribution in [0, 0.1) is 6.92 Å². The molecule has 186 valence electrons. The van der Waals surface area contributed by atoms with Crippen molar-refractivity contribution < 1.29 is 14.2 Å². The molecule has 1 aromatic heterocycles. The summed E-state index contributed by atoms with van der Waals surface area (Å²) in [4.78, 5) is 11.7. The maximum absolute atomic E-state index is 5.52. The van der Waals surface area contributed by atoms with Crippen LogP contribution >= 0.6 is 0 Å². The van der Waals surface area contributed by atoms with Gasteiger partial charge in [-0.2, -0.15) is 0 Å². The number of fused-ring (bicyclic) bond motifs is 1. The molecule has 0 radical (unpaired) electrons. The molecule has 0 saturated carbocycles. The largest absolute Gasteiger partial charge is 0.493 e. The third kappa shape index (κ3) is 4.93. The molecule has 1 aliphatic heterocycles. The average Bonchev–Trinajstić information content (AvgIpc) is 2.93. The fourth-order valence-electron chi connectivity index (χ4n) is 4.66. The van der Waals surface area contributed by atoms with Crippen molar-refractivity contribution in [1.82, 2.24) is 9.97 Å². The second-order valence-corrected chi connectivity index (χ2v) is 8.99. The first-order chi connectivity index (χ1) is 17.6. The summed E-state index contributed by atoms with van der Waals surface area (Å²) in [5.41, 5.74) is 5.61. The van der Waals surface area contributed by atoms with E-state index in [1.807, 2.05) is 19.1 Å². The zero-order chi connectivity index (χ0) is 25.1. The summed E-state index contributed by atoms with van der Waals surface area (Å²) >= 11 is 0. The SMILES string of the molecule is COc1cc2nc(C)nc(N[C@H](C)c3cccc(-c4cccc(N5CCOCC5)c4)c3)c2cc1OC. The van der Waals surface area contributed by atoms with E-state index < -0.39 is 0 Å². The minimum Gasteiger partial charge on any atom is -0.493 e. The van der Waals surface area contributed by atoms with Crippen LogP contribution < -0.4 is 19.7 Å². The zero-order valence-corrected chi connectivity index (χ0v) is 21.2. The van der Waals surface area contributed by atoms with Gasteiger partial charge < -0.3 is 24.4 Å². The lowest BCUT2D eigenvalue weighted by molar-refractivity contribution is 0.122. The van der Waals surface area contributed by atoms with E-state index in [0.29, 0.717) is 17.3 Å². The highest BCUT2D eigenvalue weighted by atomic mass is 16.5. The Labute approximate surface area is 212 Å². The maximum Gasteiger partial charge on any atom is 0.162 e. The standard InChI is InChI=1S/C29H32N4O3/c1-19(30-29-25-17-27(34-3)28(35-4)18-26(25)31-20(2)32-29)21-7-5-8-22(15-21)23-9-6-10-24(16-23)33-11-13-36-14-12-33/h5-10,15-19H,11-14H2,1-4H3,(H,30,31,32)/t19-/m1/s1. The Bertz CT molecular complexity index is 1370. The first kappa shape index (κ1) is 23.9. The summed E-state index contributed by atoms with van der Waals surface area (Å²) < 4.78 is 16.5. The lowest BCUT2D eigenvalue weighted by atomic mass is 9.99. The van der Waals surface area contributed by atoms with Crippen LogP contribution in [0.25, 0.3) is 22.0 Å². The van der Waals surface area contributed by atoms with Crippen LogP contribution in [-0.4, -0.2) is 50.5 Å². The smallest absolute Gasteiger partial charge is 0.162 e. The Hall–Kier alpha value is -3.84. The van der Waals surface area contributed by atoms with Gasteiger partial charge in [-0.3, -0.25) is 0 Å². The molecule has 1 aliphatic rings. The van der Waals surface area contributed by atoms with Crippen molar-refractivity contribution in [3.05, 3.63) is 72.1 Å². The number of anilines is 2. The van der Waals surface area contributed by atoms with Gasteiger partial charge in [0.05, 0.1) is 33.0 Å². The number of methoxy groups -OCH3 is 2. The summed E-state index contributed by atoms with van der Waals surface area (Å²) in [5.74, 6) is 2.76. The Morgan fingerprint density at radius 3 is 2.33 bits per heavy atom. The Balaban J connectivity index is 1.43. The van der Waals surface area contributed by atoms with E-state index in [2.05, 4.69) is 70.7 Å². The van der Waals surface area contributed by atoms with Gasteiger partial charge >= 0.3 is 0 Å². The highest BCUT2D eigenvalue weighted by Gasteiger charge is 2.16. The normalized spacial score (nSPS) is 14.5. The number of hydrogen-bond donors (Lipinski definition) is 1. The molecular weight excluding hydrogens is 452 g/mol. The molecule has 1 N–H and O–H groups in total. The summed E-state index contributed by atoms with van der Waals surface area (Å²) in [6.07, 6.45) is 0. The van der Waals surface area contributed by atoms with Gasteiger partial charge in [0.15, 0.2) is 11.5 Å². The number of hydrogen-bond acceptors (Lipinski definition) is 7. The van der Waals surface area contributed by atoms with Crippen LogP contribution in [0.3, 0.4) is 0 Å². The van der Waals surface area contributed by atoms with Gasteiger partial charge in [-0.25, -0.2) is 9.97 Å². The first-order valence-electron chi connectivity index (χ1n) is 12.3. The maximum atomic E-state index is 5.52. The summed E-state index contributed by atoms with van der Waals surface area (Å²) in [6.45, 7) is 7.44. The molecule has 0 aliphatic carbocycles. The molecule has 5 rings (SSSR count). The molecule has 7 heteroatoms. The number of aromatic nitrogens is 2. The van der Waals surface area contributed by atoms with Crippen LogP contribution in [0.4, 0.5) is 11.5 Å². The minimum atomic E-state index is 0.0259. The number of benzene rings is 3. The fraction of sp³-hybridized carbons (Fsp3) is 0.310. The molecule has 1 fully saturated rings. The van der Waals surface area contributed by atoms with Gasteiger partial charge in [0, 0.05) is 36.3 Å². The van der Waals surface area contributed by atoms with Crippen LogP contribution in [-0.2, 0) is 4.74 Å². The topological polar surface area (TPSA) is 68.7 Å². The van der Waals surface area contributed by atoms with E-state index in [1.54, 1.807) is 14.2 Å². The molecule has 1 atom stereocenters.